The fourth-order valence-corrected chi connectivity index (χ4v) is 1.87. The highest BCUT2D eigenvalue weighted by Gasteiger charge is 2.10. The molecule has 1 aromatic rings. The van der Waals surface area contributed by atoms with Gasteiger partial charge in [0.2, 0.25) is 5.91 Å². The van der Waals surface area contributed by atoms with Crippen molar-refractivity contribution in [1.29, 1.82) is 0 Å². The van der Waals surface area contributed by atoms with Crippen LogP contribution in [0.2, 0.25) is 5.02 Å². The highest BCUT2D eigenvalue weighted by Crippen LogP contribution is 2.17. The first-order chi connectivity index (χ1) is 8.52. The molecule has 1 atom stereocenters. The Morgan fingerprint density at radius 1 is 1.56 bits per heavy atom. The normalized spacial score (nSPS) is 12.2. The second kappa shape index (κ2) is 7.34. The number of halogens is 2. The average Bonchev–Trinajstić information content (AvgIpc) is 2.30. The van der Waals surface area contributed by atoms with E-state index in [9.17, 15) is 9.18 Å². The zero-order chi connectivity index (χ0) is 13.5. The van der Waals surface area contributed by atoms with Crippen molar-refractivity contribution in [3.8, 4) is 0 Å². The van der Waals surface area contributed by atoms with E-state index >= 15 is 0 Å². The van der Waals surface area contributed by atoms with Gasteiger partial charge in [-0.1, -0.05) is 17.7 Å². The lowest BCUT2D eigenvalue weighted by molar-refractivity contribution is -0.121. The molecule has 0 aliphatic heterocycles. The van der Waals surface area contributed by atoms with Gasteiger partial charge < -0.3 is 10.4 Å². The second-order valence-electron chi connectivity index (χ2n) is 4.25. The van der Waals surface area contributed by atoms with Crippen molar-refractivity contribution in [2.24, 2.45) is 0 Å². The van der Waals surface area contributed by atoms with E-state index in [4.69, 9.17) is 16.7 Å². The Morgan fingerprint density at radius 2 is 2.28 bits per heavy atom. The molecule has 2 N–H and O–H groups in total. The largest absolute Gasteiger partial charge is 0.396 e. The Kier molecular flexibility index (Phi) is 6.09. The van der Waals surface area contributed by atoms with Gasteiger partial charge in [0.05, 0.1) is 6.42 Å². The molecule has 0 heterocycles. The number of hydrogen-bond donors (Lipinski definition) is 2. The van der Waals surface area contributed by atoms with Crippen LogP contribution >= 0.6 is 11.6 Å². The Bertz CT molecular complexity index is 412. The van der Waals surface area contributed by atoms with Gasteiger partial charge in [-0.3, -0.25) is 4.79 Å². The number of rotatable bonds is 6. The number of carbonyl (C=O) groups excluding carboxylic acids is 1. The van der Waals surface area contributed by atoms with Crippen LogP contribution < -0.4 is 5.32 Å². The molecule has 1 aromatic carbocycles. The molecule has 5 heteroatoms. The molecular weight excluding hydrogens is 257 g/mol. The predicted octanol–water partition coefficient (Wildman–Crippen LogP) is 2.30. The Morgan fingerprint density at radius 3 is 2.89 bits per heavy atom. The van der Waals surface area contributed by atoms with Gasteiger partial charge in [0.1, 0.15) is 5.82 Å². The summed E-state index contributed by atoms with van der Waals surface area (Å²) in [6.07, 6.45) is 1.50. The fraction of sp³-hybridized carbons (Fsp3) is 0.462. The summed E-state index contributed by atoms with van der Waals surface area (Å²) in [7, 11) is 0. The number of hydrogen-bond acceptors (Lipinski definition) is 2. The van der Waals surface area contributed by atoms with Gasteiger partial charge >= 0.3 is 0 Å². The van der Waals surface area contributed by atoms with E-state index in [0.717, 1.165) is 6.42 Å². The predicted molar refractivity (Wildman–Crippen MR) is 69.0 cm³/mol. The van der Waals surface area contributed by atoms with Gasteiger partial charge in [-0.2, -0.15) is 0 Å². The van der Waals surface area contributed by atoms with Crippen LogP contribution in [-0.4, -0.2) is 23.7 Å². The summed E-state index contributed by atoms with van der Waals surface area (Å²) in [6.45, 7) is 1.99. The molecule has 0 bridgehead atoms. The minimum absolute atomic E-state index is 0.00359. The summed E-state index contributed by atoms with van der Waals surface area (Å²) in [6, 6.07) is 3.99. The number of carbonyl (C=O) groups is 1. The Hall–Kier alpha value is -1.13. The van der Waals surface area contributed by atoms with E-state index in [-0.39, 0.29) is 30.0 Å². The van der Waals surface area contributed by atoms with E-state index in [1.54, 1.807) is 0 Å². The number of aliphatic hydroxyl groups excluding tert-OH is 1. The summed E-state index contributed by atoms with van der Waals surface area (Å²) in [4.78, 5) is 11.7. The molecule has 0 radical (unpaired) electrons. The molecule has 100 valence electrons. The molecule has 18 heavy (non-hydrogen) atoms. The lowest BCUT2D eigenvalue weighted by Crippen LogP contribution is -2.33. The van der Waals surface area contributed by atoms with E-state index < -0.39 is 5.82 Å². The maximum atomic E-state index is 12.8. The zero-order valence-corrected chi connectivity index (χ0v) is 11.0. The first-order valence-corrected chi connectivity index (χ1v) is 6.25. The van der Waals surface area contributed by atoms with Crippen LogP contribution in [0.5, 0.6) is 0 Å². The van der Waals surface area contributed by atoms with Crippen molar-refractivity contribution >= 4 is 17.5 Å². The monoisotopic (exact) mass is 273 g/mol. The van der Waals surface area contributed by atoms with Gasteiger partial charge in [0.25, 0.3) is 0 Å². The van der Waals surface area contributed by atoms with Crippen LogP contribution in [0.3, 0.4) is 0 Å². The highest BCUT2D eigenvalue weighted by atomic mass is 35.5. The first kappa shape index (κ1) is 14.9. The molecule has 0 aromatic heterocycles. The summed E-state index contributed by atoms with van der Waals surface area (Å²) in [5.74, 6) is -0.575. The third kappa shape index (κ3) is 5.02. The Balaban J connectivity index is 2.49. The third-order valence-electron chi connectivity index (χ3n) is 2.57. The zero-order valence-electron chi connectivity index (χ0n) is 10.2. The van der Waals surface area contributed by atoms with Crippen LogP contribution in [0.25, 0.3) is 0 Å². The lowest BCUT2D eigenvalue weighted by atomic mass is 10.1. The SMILES string of the molecule is CC(CCCO)NC(=O)Cc1ccc(F)cc1Cl. The minimum Gasteiger partial charge on any atom is -0.396 e. The highest BCUT2D eigenvalue weighted by molar-refractivity contribution is 6.31. The molecule has 0 aliphatic carbocycles. The van der Waals surface area contributed by atoms with Crippen molar-refractivity contribution in [2.75, 3.05) is 6.61 Å². The summed E-state index contributed by atoms with van der Waals surface area (Å²) in [5, 5.41) is 11.7. The second-order valence-corrected chi connectivity index (χ2v) is 4.65. The molecule has 0 spiro atoms. The van der Waals surface area contributed by atoms with Gasteiger partial charge in [-0.15, -0.1) is 0 Å². The quantitative estimate of drug-likeness (QED) is 0.836. The van der Waals surface area contributed by atoms with Gasteiger partial charge in [-0.25, -0.2) is 4.39 Å². The number of amides is 1. The van der Waals surface area contributed by atoms with Crippen LogP contribution in [0.15, 0.2) is 18.2 Å². The van der Waals surface area contributed by atoms with Crippen molar-refractivity contribution in [1.82, 2.24) is 5.32 Å². The van der Waals surface area contributed by atoms with Crippen LogP contribution in [0.4, 0.5) is 4.39 Å². The topological polar surface area (TPSA) is 49.3 Å². The lowest BCUT2D eigenvalue weighted by Gasteiger charge is -2.13. The molecule has 0 fully saturated rings. The van der Waals surface area contributed by atoms with Gasteiger partial charge in [0, 0.05) is 17.7 Å². The molecule has 1 unspecified atom stereocenters. The maximum absolute atomic E-state index is 12.8. The Labute approximate surface area is 111 Å². The van der Waals surface area contributed by atoms with Crippen molar-refractivity contribution in [3.63, 3.8) is 0 Å². The number of benzene rings is 1. The minimum atomic E-state index is -0.416. The first-order valence-electron chi connectivity index (χ1n) is 5.87. The van der Waals surface area contributed by atoms with Crippen LogP contribution in [-0.2, 0) is 11.2 Å². The van der Waals surface area contributed by atoms with Gasteiger partial charge in [0.15, 0.2) is 0 Å². The van der Waals surface area contributed by atoms with E-state index in [1.165, 1.54) is 18.2 Å². The smallest absolute Gasteiger partial charge is 0.224 e. The fourth-order valence-electron chi connectivity index (χ4n) is 1.63. The molecule has 0 saturated heterocycles. The molecule has 0 saturated carbocycles. The van der Waals surface area contributed by atoms with Crippen molar-refractivity contribution in [2.45, 2.75) is 32.2 Å². The molecule has 3 nitrogen and oxygen atoms in total. The molecule has 1 amide bonds. The van der Waals surface area contributed by atoms with E-state index in [1.807, 2.05) is 6.92 Å². The molecule has 0 aliphatic rings. The number of nitrogens with one attached hydrogen (secondary N) is 1. The molecular formula is C13H17ClFNO2. The number of aliphatic hydroxyl groups is 1. The van der Waals surface area contributed by atoms with Crippen molar-refractivity contribution in [3.05, 3.63) is 34.6 Å². The summed E-state index contributed by atoms with van der Waals surface area (Å²) in [5.41, 5.74) is 0.602. The van der Waals surface area contributed by atoms with Crippen LogP contribution in [0.1, 0.15) is 25.3 Å². The summed E-state index contributed by atoms with van der Waals surface area (Å²) < 4.78 is 12.8. The molecule has 1 rings (SSSR count). The average molecular weight is 274 g/mol. The van der Waals surface area contributed by atoms with E-state index in [2.05, 4.69) is 5.32 Å². The van der Waals surface area contributed by atoms with Crippen LogP contribution in [0, 0.1) is 5.82 Å². The van der Waals surface area contributed by atoms with Gasteiger partial charge in [-0.05, 0) is 37.5 Å². The van der Waals surface area contributed by atoms with Crippen molar-refractivity contribution < 1.29 is 14.3 Å². The third-order valence-corrected chi connectivity index (χ3v) is 2.92. The maximum Gasteiger partial charge on any atom is 0.224 e. The van der Waals surface area contributed by atoms with E-state index in [0.29, 0.717) is 12.0 Å². The standard InChI is InChI=1S/C13H17ClFNO2/c1-9(3-2-6-17)16-13(18)7-10-4-5-11(15)8-12(10)14/h4-5,8-9,17H,2-3,6-7H2,1H3,(H,16,18). The summed E-state index contributed by atoms with van der Waals surface area (Å²) >= 11 is 5.84.